The monoisotopic (exact) mass is 352 g/mol. The number of ketones is 1. The van der Waals surface area contributed by atoms with Crippen LogP contribution in [0.3, 0.4) is 0 Å². The first-order valence-electron chi connectivity index (χ1n) is 7.05. The van der Waals surface area contributed by atoms with E-state index in [9.17, 15) is 23.2 Å². The molecule has 0 bridgehead atoms. The van der Waals surface area contributed by atoms with E-state index in [1.54, 1.807) is 22.6 Å². The van der Waals surface area contributed by atoms with Gasteiger partial charge < -0.3 is 4.90 Å². The van der Waals surface area contributed by atoms with Crippen LogP contribution in [0.15, 0.2) is 46.5 Å². The molecule has 3 nitrogen and oxygen atoms in total. The van der Waals surface area contributed by atoms with Crippen LogP contribution in [0.2, 0.25) is 0 Å². The molecule has 0 aliphatic carbocycles. The predicted octanol–water partition coefficient (Wildman–Crippen LogP) is 4.94. The van der Waals surface area contributed by atoms with Crippen molar-refractivity contribution in [2.75, 3.05) is 0 Å². The van der Waals surface area contributed by atoms with Crippen molar-refractivity contribution in [3.05, 3.63) is 57.6 Å². The van der Waals surface area contributed by atoms with E-state index < -0.39 is 28.6 Å². The maximum atomic E-state index is 13.1. The van der Waals surface area contributed by atoms with Crippen LogP contribution in [0.1, 0.15) is 36.7 Å². The first-order valence-corrected chi connectivity index (χ1v) is 7.93. The SMILES string of the molecule is CC(C)(C)N1C=CSC1=C(C#N)C(=O)c1ccccc1C(F)(F)F. The van der Waals surface area contributed by atoms with Gasteiger partial charge in [-0.3, -0.25) is 4.79 Å². The number of rotatable bonds is 2. The molecule has 7 heteroatoms. The second-order valence-electron chi connectivity index (χ2n) is 6.11. The summed E-state index contributed by atoms with van der Waals surface area (Å²) >= 11 is 1.15. The van der Waals surface area contributed by atoms with E-state index in [0.29, 0.717) is 5.03 Å². The number of allylic oxidation sites excluding steroid dienone is 1. The van der Waals surface area contributed by atoms with Crippen LogP contribution in [-0.2, 0) is 6.18 Å². The summed E-state index contributed by atoms with van der Waals surface area (Å²) in [5.74, 6) is -0.925. The van der Waals surface area contributed by atoms with Crippen LogP contribution in [0, 0.1) is 11.3 Å². The number of nitrogens with zero attached hydrogens (tertiary/aromatic N) is 2. The smallest absolute Gasteiger partial charge is 0.336 e. The van der Waals surface area contributed by atoms with Gasteiger partial charge in [-0.05, 0) is 32.2 Å². The summed E-state index contributed by atoms with van der Waals surface area (Å²) in [6, 6.07) is 6.29. The van der Waals surface area contributed by atoms with E-state index >= 15 is 0 Å². The van der Waals surface area contributed by atoms with Crippen molar-refractivity contribution in [2.24, 2.45) is 0 Å². The minimum atomic E-state index is -4.66. The molecule has 2 rings (SSSR count). The second kappa shape index (κ2) is 6.36. The third-order valence-corrected chi connectivity index (χ3v) is 4.24. The number of halogens is 3. The van der Waals surface area contributed by atoms with Crippen LogP contribution in [0.25, 0.3) is 0 Å². The number of benzene rings is 1. The van der Waals surface area contributed by atoms with Gasteiger partial charge in [0.15, 0.2) is 0 Å². The zero-order chi connectivity index (χ0) is 18.1. The molecule has 0 radical (unpaired) electrons. The molecule has 1 aromatic rings. The molecule has 0 spiro atoms. The maximum Gasteiger partial charge on any atom is 0.417 e. The fourth-order valence-corrected chi connectivity index (χ4v) is 3.26. The molecule has 1 aliphatic heterocycles. The molecular weight excluding hydrogens is 337 g/mol. The van der Waals surface area contributed by atoms with E-state index in [-0.39, 0.29) is 5.57 Å². The summed E-state index contributed by atoms with van der Waals surface area (Å²) < 4.78 is 39.4. The minimum absolute atomic E-state index is 0.295. The van der Waals surface area contributed by atoms with Crippen LogP contribution >= 0.6 is 11.8 Å². The lowest BCUT2D eigenvalue weighted by Gasteiger charge is -2.33. The Hall–Kier alpha value is -2.20. The van der Waals surface area contributed by atoms with Gasteiger partial charge in [-0.1, -0.05) is 30.0 Å². The normalized spacial score (nSPS) is 17.0. The van der Waals surface area contributed by atoms with Gasteiger partial charge in [0.1, 0.15) is 16.7 Å². The Balaban J connectivity index is 2.57. The highest BCUT2D eigenvalue weighted by molar-refractivity contribution is 8.06. The third-order valence-electron chi connectivity index (χ3n) is 3.36. The number of hydrogen-bond donors (Lipinski definition) is 0. The molecule has 0 aromatic heterocycles. The standard InChI is InChI=1S/C17H15F3N2OS/c1-16(2,3)22-8-9-24-15(22)12(10-21)14(23)11-6-4-5-7-13(11)17(18,19)20/h4-9H,1-3H3. The van der Waals surface area contributed by atoms with Gasteiger partial charge in [-0.25, -0.2) is 0 Å². The summed E-state index contributed by atoms with van der Waals surface area (Å²) in [7, 11) is 0. The molecule has 0 saturated heterocycles. The van der Waals surface area contributed by atoms with Crippen LogP contribution in [0.4, 0.5) is 13.2 Å². The van der Waals surface area contributed by atoms with Crippen molar-refractivity contribution in [1.29, 1.82) is 5.26 Å². The molecule has 0 amide bonds. The topological polar surface area (TPSA) is 44.1 Å². The Morgan fingerprint density at radius 2 is 1.83 bits per heavy atom. The van der Waals surface area contributed by atoms with Crippen LogP contribution < -0.4 is 0 Å². The average molecular weight is 352 g/mol. The number of thioether (sulfide) groups is 1. The molecule has 0 atom stereocenters. The fraction of sp³-hybridized carbons (Fsp3) is 0.294. The number of hydrogen-bond acceptors (Lipinski definition) is 4. The first-order chi connectivity index (χ1) is 11.1. The van der Waals surface area contributed by atoms with Gasteiger partial charge in [0.25, 0.3) is 0 Å². The maximum absolute atomic E-state index is 13.1. The van der Waals surface area contributed by atoms with Crippen LogP contribution in [-0.4, -0.2) is 16.2 Å². The summed E-state index contributed by atoms with van der Waals surface area (Å²) in [6.45, 7) is 5.64. The van der Waals surface area contributed by atoms with Crippen molar-refractivity contribution in [2.45, 2.75) is 32.5 Å². The van der Waals surface area contributed by atoms with E-state index in [2.05, 4.69) is 0 Å². The van der Waals surface area contributed by atoms with E-state index in [1.165, 1.54) is 12.1 Å². The van der Waals surface area contributed by atoms with E-state index in [0.717, 1.165) is 23.9 Å². The molecule has 0 fully saturated rings. The van der Waals surface area contributed by atoms with E-state index in [4.69, 9.17) is 0 Å². The summed E-state index contributed by atoms with van der Waals surface area (Å²) in [6.07, 6.45) is -2.96. The lowest BCUT2D eigenvalue weighted by Crippen LogP contribution is -2.35. The Bertz CT molecular complexity index is 767. The van der Waals surface area contributed by atoms with E-state index in [1.807, 2.05) is 20.8 Å². The first kappa shape index (κ1) is 18.1. The Morgan fingerprint density at radius 3 is 2.38 bits per heavy atom. The average Bonchev–Trinajstić information content (AvgIpc) is 2.96. The van der Waals surface area contributed by atoms with Gasteiger partial charge in [0.2, 0.25) is 5.78 Å². The molecular formula is C17H15F3N2OS. The molecule has 126 valence electrons. The zero-order valence-corrected chi connectivity index (χ0v) is 14.1. The van der Waals surface area contributed by atoms with Crippen molar-refractivity contribution in [1.82, 2.24) is 4.90 Å². The van der Waals surface area contributed by atoms with Gasteiger partial charge in [0.05, 0.1) is 5.56 Å². The van der Waals surface area contributed by atoms with Crippen molar-refractivity contribution in [3.8, 4) is 6.07 Å². The molecule has 24 heavy (non-hydrogen) atoms. The Morgan fingerprint density at radius 1 is 1.21 bits per heavy atom. The van der Waals surface area contributed by atoms with Crippen molar-refractivity contribution >= 4 is 17.5 Å². The minimum Gasteiger partial charge on any atom is -0.336 e. The second-order valence-corrected chi connectivity index (χ2v) is 7.00. The summed E-state index contributed by atoms with van der Waals surface area (Å²) in [5, 5.41) is 11.5. The van der Waals surface area contributed by atoms with Crippen LogP contribution in [0.5, 0.6) is 0 Å². The Labute approximate surface area is 142 Å². The summed E-state index contributed by atoms with van der Waals surface area (Å²) in [5.41, 5.74) is -2.27. The van der Waals surface area contributed by atoms with Crippen molar-refractivity contribution in [3.63, 3.8) is 0 Å². The van der Waals surface area contributed by atoms with Gasteiger partial charge in [-0.15, -0.1) is 0 Å². The predicted molar refractivity (Wildman–Crippen MR) is 86.7 cm³/mol. The molecule has 1 aromatic carbocycles. The molecule has 0 saturated carbocycles. The highest BCUT2D eigenvalue weighted by atomic mass is 32.2. The molecule has 1 heterocycles. The fourth-order valence-electron chi connectivity index (χ4n) is 2.25. The highest BCUT2D eigenvalue weighted by Gasteiger charge is 2.37. The lowest BCUT2D eigenvalue weighted by molar-refractivity contribution is -0.137. The van der Waals surface area contributed by atoms with Gasteiger partial charge in [-0.2, -0.15) is 18.4 Å². The molecule has 1 aliphatic rings. The molecule has 0 N–H and O–H groups in total. The number of Topliss-reactive ketones (excluding diaryl/α,β-unsaturated/α-hetero) is 1. The molecule has 0 unspecified atom stereocenters. The highest BCUT2D eigenvalue weighted by Crippen LogP contribution is 2.39. The summed E-state index contributed by atoms with van der Waals surface area (Å²) in [4.78, 5) is 14.4. The van der Waals surface area contributed by atoms with Gasteiger partial charge >= 0.3 is 6.18 Å². The van der Waals surface area contributed by atoms with Gasteiger partial charge in [0, 0.05) is 17.3 Å². The van der Waals surface area contributed by atoms with Crippen molar-refractivity contribution < 1.29 is 18.0 Å². The zero-order valence-electron chi connectivity index (χ0n) is 13.3. The quantitative estimate of drug-likeness (QED) is 0.429. The Kier molecular flexibility index (Phi) is 4.81. The largest absolute Gasteiger partial charge is 0.417 e. The number of carbonyl (C=O) groups is 1. The number of nitriles is 1. The third kappa shape index (κ3) is 3.49. The number of carbonyl (C=O) groups excluding carboxylic acids is 1. The lowest BCUT2D eigenvalue weighted by atomic mass is 9.98. The number of alkyl halides is 3.